The number of hydrogen-bond donors (Lipinski definition) is 2. The van der Waals surface area contributed by atoms with Gasteiger partial charge >= 0.3 is 5.97 Å². The van der Waals surface area contributed by atoms with Gasteiger partial charge in [-0.15, -0.1) is 0 Å². The summed E-state index contributed by atoms with van der Waals surface area (Å²) >= 11 is 0. The van der Waals surface area contributed by atoms with Crippen LogP contribution < -0.4 is 10.6 Å². The van der Waals surface area contributed by atoms with Crippen molar-refractivity contribution in [2.75, 3.05) is 84.5 Å². The van der Waals surface area contributed by atoms with Gasteiger partial charge in [0.05, 0.1) is 77.2 Å². The van der Waals surface area contributed by atoms with Crippen LogP contribution in [-0.2, 0) is 42.8 Å². The van der Waals surface area contributed by atoms with E-state index in [1.807, 2.05) is 0 Å². The molecule has 2 N–H and O–H groups in total. The van der Waals surface area contributed by atoms with Crippen molar-refractivity contribution in [2.45, 2.75) is 57.9 Å². The summed E-state index contributed by atoms with van der Waals surface area (Å²) in [6.07, 6.45) is 4.84. The van der Waals surface area contributed by atoms with E-state index in [1.54, 1.807) is 18.2 Å². The molecule has 1 fully saturated rings. The molecule has 0 radical (unpaired) electrons. The van der Waals surface area contributed by atoms with Crippen LogP contribution in [0.3, 0.4) is 0 Å². The molecule has 3 rings (SSSR count). The smallest absolute Gasteiger partial charge is 0.305 e. The second kappa shape index (κ2) is 21.4. The molecular formula is C32H47N3O11. The second-order valence-corrected chi connectivity index (χ2v) is 10.7. The maximum Gasteiger partial charge on any atom is 0.305 e. The predicted molar refractivity (Wildman–Crippen MR) is 165 cm³/mol. The maximum atomic E-state index is 13.1. The van der Waals surface area contributed by atoms with Gasteiger partial charge in [-0.1, -0.05) is 32.3 Å². The summed E-state index contributed by atoms with van der Waals surface area (Å²) < 4.78 is 32.5. The van der Waals surface area contributed by atoms with Crippen molar-refractivity contribution in [2.24, 2.45) is 0 Å². The first-order valence-electron chi connectivity index (χ1n) is 16.1. The number of carbonyl (C=O) groups is 5. The van der Waals surface area contributed by atoms with Crippen LogP contribution in [0.25, 0.3) is 0 Å². The summed E-state index contributed by atoms with van der Waals surface area (Å²) in [5.41, 5.74) is 0.906. The van der Waals surface area contributed by atoms with Crippen molar-refractivity contribution in [1.29, 1.82) is 0 Å². The fraction of sp³-hybridized carbons (Fsp3) is 0.656. The van der Waals surface area contributed by atoms with E-state index in [0.717, 1.165) is 30.6 Å². The minimum atomic E-state index is -1.01. The minimum Gasteiger partial charge on any atom is -0.463 e. The molecule has 1 atom stereocenters. The number of benzene rings is 1. The zero-order chi connectivity index (χ0) is 33.0. The first-order valence-corrected chi connectivity index (χ1v) is 16.1. The number of anilines is 1. The first kappa shape index (κ1) is 37.0. The van der Waals surface area contributed by atoms with E-state index in [4.69, 9.17) is 28.4 Å². The number of fused-ring (bicyclic) bond motifs is 1. The van der Waals surface area contributed by atoms with Crippen molar-refractivity contribution >= 4 is 35.3 Å². The van der Waals surface area contributed by atoms with Gasteiger partial charge in [0.1, 0.15) is 12.6 Å². The molecule has 0 saturated carbocycles. The van der Waals surface area contributed by atoms with E-state index in [-0.39, 0.29) is 36.5 Å². The lowest BCUT2D eigenvalue weighted by molar-refractivity contribution is -0.145. The molecule has 1 aromatic carbocycles. The quantitative estimate of drug-likeness (QED) is 0.0901. The number of nitrogens with zero attached hydrogens (tertiary/aromatic N) is 1. The standard InChI is InChI=1S/C32H47N3O11/c1-2-3-4-5-9-28(37)46-23-22-45-21-20-44-19-18-43-17-16-42-15-14-41-13-12-33-25-8-6-7-24-29(25)32(40)35(31(24)39)26-10-11-27(36)34-30(26)38/h6-8,26,33H,2-5,9-23H2,1H3,(H,34,36,38). The number of carbonyl (C=O) groups excluding carboxylic acids is 5. The van der Waals surface area contributed by atoms with Crippen LogP contribution in [0.15, 0.2) is 18.2 Å². The summed E-state index contributed by atoms with van der Waals surface area (Å²) in [4.78, 5) is 62.3. The number of rotatable bonds is 25. The Morgan fingerprint density at radius 3 is 2.02 bits per heavy atom. The second-order valence-electron chi connectivity index (χ2n) is 10.7. The summed E-state index contributed by atoms with van der Waals surface area (Å²) in [6.45, 7) is 6.78. The third kappa shape index (κ3) is 12.4. The number of nitrogens with one attached hydrogen (secondary N) is 2. The first-order chi connectivity index (χ1) is 22.4. The highest BCUT2D eigenvalue weighted by Crippen LogP contribution is 2.32. The normalized spacial score (nSPS) is 16.1. The Labute approximate surface area is 269 Å². The number of amides is 4. The third-order valence-electron chi connectivity index (χ3n) is 7.24. The summed E-state index contributed by atoms with van der Waals surface area (Å²) in [5.74, 6) is -2.34. The highest BCUT2D eigenvalue weighted by Gasteiger charge is 2.45. The molecule has 2 aliphatic rings. The molecule has 1 aromatic rings. The van der Waals surface area contributed by atoms with Gasteiger partial charge in [-0.05, 0) is 25.0 Å². The Hall–Kier alpha value is -3.43. The fourth-order valence-electron chi connectivity index (χ4n) is 4.88. The highest BCUT2D eigenvalue weighted by atomic mass is 16.6. The average Bonchev–Trinajstić information content (AvgIpc) is 3.30. The molecule has 1 unspecified atom stereocenters. The van der Waals surface area contributed by atoms with Crippen LogP contribution in [0.5, 0.6) is 0 Å². The molecule has 0 bridgehead atoms. The molecule has 1 saturated heterocycles. The van der Waals surface area contributed by atoms with Gasteiger partial charge in [-0.3, -0.25) is 34.2 Å². The van der Waals surface area contributed by atoms with Crippen molar-refractivity contribution in [1.82, 2.24) is 10.2 Å². The molecule has 2 aliphatic heterocycles. The predicted octanol–water partition coefficient (Wildman–Crippen LogP) is 2.10. The van der Waals surface area contributed by atoms with Gasteiger partial charge in [-0.2, -0.15) is 0 Å². The molecule has 14 nitrogen and oxygen atoms in total. The van der Waals surface area contributed by atoms with E-state index in [0.29, 0.717) is 84.7 Å². The van der Waals surface area contributed by atoms with Crippen LogP contribution >= 0.6 is 0 Å². The lowest BCUT2D eigenvalue weighted by Crippen LogP contribution is -2.54. The molecule has 0 aliphatic carbocycles. The summed E-state index contributed by atoms with van der Waals surface area (Å²) in [7, 11) is 0. The molecule has 14 heteroatoms. The molecular weight excluding hydrogens is 602 g/mol. The number of imide groups is 2. The molecule has 0 aromatic heterocycles. The van der Waals surface area contributed by atoms with Crippen molar-refractivity contribution < 1.29 is 52.4 Å². The number of hydrogen-bond acceptors (Lipinski definition) is 12. The van der Waals surface area contributed by atoms with Gasteiger partial charge in [0.15, 0.2) is 0 Å². The Balaban J connectivity index is 1.13. The zero-order valence-electron chi connectivity index (χ0n) is 26.7. The average molecular weight is 650 g/mol. The molecule has 2 heterocycles. The van der Waals surface area contributed by atoms with Crippen molar-refractivity contribution in [3.8, 4) is 0 Å². The van der Waals surface area contributed by atoms with Crippen LogP contribution in [0, 0.1) is 0 Å². The van der Waals surface area contributed by atoms with Gasteiger partial charge < -0.3 is 33.7 Å². The SMILES string of the molecule is CCCCCCC(=O)OCCOCCOCCOCCOCCOCCNc1cccc2c1C(=O)N(C1CCC(=O)NC1=O)C2=O. The lowest BCUT2D eigenvalue weighted by atomic mass is 10.0. The summed E-state index contributed by atoms with van der Waals surface area (Å²) in [5, 5.41) is 5.32. The monoisotopic (exact) mass is 649 g/mol. The third-order valence-corrected chi connectivity index (χ3v) is 7.24. The van der Waals surface area contributed by atoms with Crippen LogP contribution in [-0.4, -0.2) is 120 Å². The molecule has 0 spiro atoms. The zero-order valence-corrected chi connectivity index (χ0v) is 26.7. The Bertz CT molecular complexity index is 1150. The highest BCUT2D eigenvalue weighted by molar-refractivity contribution is 6.25. The van der Waals surface area contributed by atoms with E-state index < -0.39 is 29.7 Å². The largest absolute Gasteiger partial charge is 0.463 e. The van der Waals surface area contributed by atoms with Crippen molar-refractivity contribution in [3.63, 3.8) is 0 Å². The number of unbranched alkanes of at least 4 members (excludes halogenated alkanes) is 3. The number of ether oxygens (including phenoxy) is 6. The van der Waals surface area contributed by atoms with E-state index >= 15 is 0 Å². The Morgan fingerprint density at radius 2 is 1.41 bits per heavy atom. The number of esters is 1. The molecule has 4 amide bonds. The fourth-order valence-corrected chi connectivity index (χ4v) is 4.88. The van der Waals surface area contributed by atoms with Gasteiger partial charge in [0.2, 0.25) is 11.8 Å². The van der Waals surface area contributed by atoms with Crippen LogP contribution in [0.2, 0.25) is 0 Å². The molecule has 46 heavy (non-hydrogen) atoms. The summed E-state index contributed by atoms with van der Waals surface area (Å²) in [6, 6.07) is 3.90. The number of piperidine rings is 1. The minimum absolute atomic E-state index is 0.0669. The van der Waals surface area contributed by atoms with Crippen LogP contribution in [0.4, 0.5) is 5.69 Å². The van der Waals surface area contributed by atoms with Gasteiger partial charge in [0.25, 0.3) is 11.8 Å². The Kier molecular flexibility index (Phi) is 17.2. The van der Waals surface area contributed by atoms with Gasteiger partial charge in [0, 0.05) is 25.1 Å². The molecule has 256 valence electrons. The van der Waals surface area contributed by atoms with E-state index in [2.05, 4.69) is 17.6 Å². The van der Waals surface area contributed by atoms with Crippen molar-refractivity contribution in [3.05, 3.63) is 29.3 Å². The van der Waals surface area contributed by atoms with Crippen LogP contribution in [0.1, 0.15) is 72.6 Å². The van der Waals surface area contributed by atoms with E-state index in [9.17, 15) is 24.0 Å². The topological polar surface area (TPSA) is 168 Å². The van der Waals surface area contributed by atoms with Gasteiger partial charge in [-0.25, -0.2) is 0 Å². The maximum absolute atomic E-state index is 13.1. The van der Waals surface area contributed by atoms with E-state index in [1.165, 1.54) is 0 Å². The Morgan fingerprint density at radius 1 is 0.804 bits per heavy atom. The lowest BCUT2D eigenvalue weighted by Gasteiger charge is -2.27.